The molecule has 148 valence electrons. The van der Waals surface area contributed by atoms with Gasteiger partial charge in [-0.25, -0.2) is 8.42 Å². The Bertz CT molecular complexity index is 1220. The third kappa shape index (κ3) is 4.24. The number of benzene rings is 2. The van der Waals surface area contributed by atoms with E-state index in [1.807, 2.05) is 30.5 Å². The second-order valence-corrected chi connectivity index (χ2v) is 9.67. The molecular weight excluding hydrogens is 396 g/mol. The lowest BCUT2D eigenvalue weighted by Gasteiger charge is -2.05. The lowest BCUT2D eigenvalue weighted by atomic mass is 10.1. The Balaban J connectivity index is 2.15. The van der Waals surface area contributed by atoms with Gasteiger partial charge in [0.05, 0.1) is 21.7 Å². The van der Waals surface area contributed by atoms with Gasteiger partial charge in [0, 0.05) is 25.5 Å². The van der Waals surface area contributed by atoms with Gasteiger partial charge in [0.25, 0.3) is 5.91 Å². The summed E-state index contributed by atoms with van der Waals surface area (Å²) in [7, 11) is -1.71. The number of fused-ring (bicyclic) bond motifs is 1. The van der Waals surface area contributed by atoms with Crippen LogP contribution in [0.5, 0.6) is 0 Å². The smallest absolute Gasteiger partial charge is 0.279 e. The second-order valence-electron chi connectivity index (χ2n) is 6.65. The Kier molecular flexibility index (Phi) is 5.83. The summed E-state index contributed by atoms with van der Waals surface area (Å²) in [6.07, 6.45) is 1.18. The van der Waals surface area contributed by atoms with Gasteiger partial charge in [-0.1, -0.05) is 17.4 Å². The fourth-order valence-electron chi connectivity index (χ4n) is 2.79. The number of amides is 1. The summed E-state index contributed by atoms with van der Waals surface area (Å²) < 4.78 is 31.5. The van der Waals surface area contributed by atoms with Crippen molar-refractivity contribution < 1.29 is 17.9 Å². The number of rotatable bonds is 5. The first-order chi connectivity index (χ1) is 13.2. The van der Waals surface area contributed by atoms with Gasteiger partial charge >= 0.3 is 0 Å². The number of hydrogen-bond acceptors (Lipinski definition) is 5. The Morgan fingerprint density at radius 1 is 1.14 bits per heavy atom. The summed E-state index contributed by atoms with van der Waals surface area (Å²) >= 11 is 1.29. The quantitative estimate of drug-likeness (QED) is 0.638. The van der Waals surface area contributed by atoms with E-state index in [0.717, 1.165) is 21.3 Å². The van der Waals surface area contributed by atoms with Crippen LogP contribution < -0.4 is 4.80 Å². The van der Waals surface area contributed by atoms with Crippen molar-refractivity contribution in [3.63, 3.8) is 0 Å². The van der Waals surface area contributed by atoms with E-state index in [0.29, 0.717) is 23.5 Å². The Labute approximate surface area is 168 Å². The molecule has 28 heavy (non-hydrogen) atoms. The zero-order valence-electron chi connectivity index (χ0n) is 16.2. The van der Waals surface area contributed by atoms with Crippen molar-refractivity contribution in [1.29, 1.82) is 0 Å². The van der Waals surface area contributed by atoms with Gasteiger partial charge in [0.15, 0.2) is 14.6 Å². The molecule has 3 rings (SSSR count). The van der Waals surface area contributed by atoms with Gasteiger partial charge in [-0.2, -0.15) is 4.99 Å². The highest BCUT2D eigenvalue weighted by atomic mass is 32.2. The van der Waals surface area contributed by atoms with Crippen molar-refractivity contribution in [1.82, 2.24) is 4.57 Å². The molecule has 8 heteroatoms. The first kappa shape index (κ1) is 20.4. The van der Waals surface area contributed by atoms with E-state index in [1.165, 1.54) is 17.6 Å². The van der Waals surface area contributed by atoms with E-state index in [-0.39, 0.29) is 10.8 Å². The van der Waals surface area contributed by atoms with Crippen LogP contribution in [0.4, 0.5) is 0 Å². The minimum Gasteiger partial charge on any atom is -0.383 e. The Hall–Kier alpha value is -2.29. The van der Waals surface area contributed by atoms with Crippen molar-refractivity contribution in [3.8, 4) is 0 Å². The van der Waals surface area contributed by atoms with Crippen LogP contribution in [0.1, 0.15) is 21.5 Å². The maximum Gasteiger partial charge on any atom is 0.279 e. The molecule has 0 aliphatic heterocycles. The number of methoxy groups -OCH3 is 1. The zero-order valence-corrected chi connectivity index (χ0v) is 17.9. The van der Waals surface area contributed by atoms with Crippen LogP contribution in [-0.2, 0) is 21.1 Å². The first-order valence-corrected chi connectivity index (χ1v) is 11.4. The molecule has 0 fully saturated rings. The molecule has 0 radical (unpaired) electrons. The van der Waals surface area contributed by atoms with Crippen molar-refractivity contribution in [2.24, 2.45) is 4.99 Å². The maximum atomic E-state index is 12.7. The fourth-order valence-corrected chi connectivity index (χ4v) is 4.61. The fraction of sp³-hybridized carbons (Fsp3) is 0.300. The summed E-state index contributed by atoms with van der Waals surface area (Å²) in [5, 5.41) is 0. The molecule has 3 aromatic rings. The third-order valence-corrected chi connectivity index (χ3v) is 6.70. The van der Waals surface area contributed by atoms with Crippen molar-refractivity contribution in [3.05, 3.63) is 57.9 Å². The topological polar surface area (TPSA) is 77.7 Å². The van der Waals surface area contributed by atoms with Crippen LogP contribution in [0.3, 0.4) is 0 Å². The molecule has 1 amide bonds. The number of hydrogen-bond donors (Lipinski definition) is 0. The normalized spacial score (nSPS) is 12.6. The highest BCUT2D eigenvalue weighted by Gasteiger charge is 2.13. The molecule has 0 saturated heterocycles. The lowest BCUT2D eigenvalue weighted by molar-refractivity contribution is 0.0997. The molecule has 1 heterocycles. The average Bonchev–Trinajstić information content (AvgIpc) is 2.97. The summed E-state index contributed by atoms with van der Waals surface area (Å²) in [6.45, 7) is 4.90. The standard InChI is InChI=1S/C20H22N2O4S2/c1-13-5-6-15(11-14(13)2)19(23)21-20-22(9-10-26-3)17-8-7-16(28(4,24)25)12-18(17)27-20/h5-8,11-12H,9-10H2,1-4H3. The molecule has 6 nitrogen and oxygen atoms in total. The van der Waals surface area contributed by atoms with Crippen LogP contribution in [-0.4, -0.2) is 38.9 Å². The first-order valence-electron chi connectivity index (χ1n) is 8.69. The SMILES string of the molecule is COCCn1c(=NC(=O)c2ccc(C)c(C)c2)sc2cc(S(C)(=O)=O)ccc21. The number of sulfone groups is 1. The van der Waals surface area contributed by atoms with Crippen molar-refractivity contribution in [2.45, 2.75) is 25.3 Å². The van der Waals surface area contributed by atoms with Gasteiger partial charge < -0.3 is 9.30 Å². The second kappa shape index (κ2) is 7.98. The van der Waals surface area contributed by atoms with E-state index in [9.17, 15) is 13.2 Å². The monoisotopic (exact) mass is 418 g/mol. The lowest BCUT2D eigenvalue weighted by Crippen LogP contribution is -2.19. The molecule has 0 aliphatic rings. The number of carbonyl (C=O) groups is 1. The van der Waals surface area contributed by atoms with Crippen LogP contribution in [0.15, 0.2) is 46.3 Å². The van der Waals surface area contributed by atoms with Crippen LogP contribution in [0.25, 0.3) is 10.2 Å². The van der Waals surface area contributed by atoms with Gasteiger partial charge in [-0.05, 0) is 55.3 Å². The number of nitrogens with zero attached hydrogens (tertiary/aromatic N) is 2. The highest BCUT2D eigenvalue weighted by Crippen LogP contribution is 2.22. The number of ether oxygens (including phenoxy) is 1. The zero-order chi connectivity index (χ0) is 20.5. The largest absolute Gasteiger partial charge is 0.383 e. The Morgan fingerprint density at radius 2 is 1.89 bits per heavy atom. The molecule has 0 bridgehead atoms. The minimum absolute atomic E-state index is 0.243. The Morgan fingerprint density at radius 3 is 2.54 bits per heavy atom. The minimum atomic E-state index is -3.31. The summed E-state index contributed by atoms with van der Waals surface area (Å²) in [5.41, 5.74) is 3.49. The number of thiazole rings is 1. The van der Waals surface area contributed by atoms with Gasteiger partial charge in [0.1, 0.15) is 0 Å². The van der Waals surface area contributed by atoms with E-state index in [2.05, 4.69) is 4.99 Å². The molecule has 2 aromatic carbocycles. The predicted octanol–water partition coefficient (Wildman–Crippen LogP) is 3.11. The van der Waals surface area contributed by atoms with Gasteiger partial charge in [0.2, 0.25) is 0 Å². The summed E-state index contributed by atoms with van der Waals surface area (Å²) in [4.78, 5) is 17.8. The van der Waals surface area contributed by atoms with Crippen molar-refractivity contribution in [2.75, 3.05) is 20.0 Å². The van der Waals surface area contributed by atoms with E-state index >= 15 is 0 Å². The van der Waals surface area contributed by atoms with E-state index < -0.39 is 9.84 Å². The molecule has 0 N–H and O–H groups in total. The number of aromatic nitrogens is 1. The van der Waals surface area contributed by atoms with E-state index in [4.69, 9.17) is 4.74 Å². The molecule has 0 aliphatic carbocycles. The van der Waals surface area contributed by atoms with Crippen LogP contribution in [0.2, 0.25) is 0 Å². The summed E-state index contributed by atoms with van der Waals surface area (Å²) in [5.74, 6) is -0.329. The molecular formula is C20H22N2O4S2. The molecule has 0 atom stereocenters. The molecule has 0 saturated carbocycles. The third-order valence-electron chi connectivity index (χ3n) is 4.55. The van der Waals surface area contributed by atoms with Gasteiger partial charge in [-0.15, -0.1) is 0 Å². The molecule has 1 aromatic heterocycles. The molecule has 0 unspecified atom stereocenters. The van der Waals surface area contributed by atoms with Crippen LogP contribution in [0, 0.1) is 13.8 Å². The van der Waals surface area contributed by atoms with E-state index in [1.54, 1.807) is 31.4 Å². The van der Waals surface area contributed by atoms with Crippen LogP contribution >= 0.6 is 11.3 Å². The van der Waals surface area contributed by atoms with Crippen molar-refractivity contribution >= 4 is 37.3 Å². The van der Waals surface area contributed by atoms with Gasteiger partial charge in [-0.3, -0.25) is 4.79 Å². The maximum absolute atomic E-state index is 12.7. The number of aryl methyl sites for hydroxylation is 2. The average molecular weight is 419 g/mol. The highest BCUT2D eigenvalue weighted by molar-refractivity contribution is 7.90. The summed E-state index contributed by atoms with van der Waals surface area (Å²) in [6, 6.07) is 10.4. The number of carbonyl (C=O) groups excluding carboxylic acids is 1. The molecule has 0 spiro atoms. The predicted molar refractivity (Wildman–Crippen MR) is 111 cm³/mol.